The second kappa shape index (κ2) is 5.05. The minimum absolute atomic E-state index is 0.707. The lowest BCUT2D eigenvalue weighted by molar-refractivity contribution is 0.536. The molecule has 1 aliphatic carbocycles. The number of hydrogen-bond donors (Lipinski definition) is 1. The molecule has 1 fully saturated rings. The predicted octanol–water partition coefficient (Wildman–Crippen LogP) is 2.69. The van der Waals surface area contributed by atoms with Crippen molar-refractivity contribution in [3.63, 3.8) is 0 Å². The van der Waals surface area contributed by atoms with Gasteiger partial charge >= 0.3 is 0 Å². The van der Waals surface area contributed by atoms with E-state index in [2.05, 4.69) is 40.6 Å². The Kier molecular flexibility index (Phi) is 2.94. The van der Waals surface area contributed by atoms with Gasteiger partial charge in [0.05, 0.1) is 24.1 Å². The first-order valence-corrected chi connectivity index (χ1v) is 8.58. The van der Waals surface area contributed by atoms with Crippen molar-refractivity contribution >= 4 is 16.5 Å². The van der Waals surface area contributed by atoms with Crippen LogP contribution in [0, 0.1) is 18.8 Å². The Hall–Kier alpha value is -2.40. The number of nitrogens with one attached hydrogen (secondary N) is 1. The Bertz CT molecular complexity index is 961. The van der Waals surface area contributed by atoms with Crippen LogP contribution in [-0.4, -0.2) is 32.7 Å². The summed E-state index contributed by atoms with van der Waals surface area (Å²) >= 11 is 0. The second-order valence-corrected chi connectivity index (χ2v) is 7.13. The van der Waals surface area contributed by atoms with Crippen LogP contribution in [0.1, 0.15) is 17.5 Å². The van der Waals surface area contributed by atoms with E-state index in [9.17, 15) is 0 Å². The molecule has 1 aromatic carbocycles. The molecule has 1 aliphatic heterocycles. The van der Waals surface area contributed by atoms with Gasteiger partial charge in [-0.1, -0.05) is 6.08 Å². The Morgan fingerprint density at radius 3 is 2.88 bits per heavy atom. The van der Waals surface area contributed by atoms with Gasteiger partial charge in [-0.25, -0.2) is 4.68 Å². The van der Waals surface area contributed by atoms with Gasteiger partial charge in [0.25, 0.3) is 0 Å². The van der Waals surface area contributed by atoms with E-state index in [1.807, 2.05) is 35.0 Å². The molecular weight excluding hydrogens is 298 g/mol. The fourth-order valence-electron chi connectivity index (χ4n) is 4.24. The predicted molar refractivity (Wildman–Crippen MR) is 95.0 cm³/mol. The normalized spacial score (nSPS) is 23.0. The van der Waals surface area contributed by atoms with Gasteiger partial charge < -0.3 is 5.32 Å². The zero-order valence-corrected chi connectivity index (χ0v) is 14.0. The molecule has 2 aromatic heterocycles. The van der Waals surface area contributed by atoms with Gasteiger partial charge in [0.1, 0.15) is 5.69 Å². The lowest BCUT2D eigenvalue weighted by atomic mass is 9.95. The van der Waals surface area contributed by atoms with Crippen LogP contribution in [0.3, 0.4) is 0 Å². The SMILES string of the molecule is Cc1cc2cnn(-c3cnn(C)c3)c2cc1C1=C[C@@H]2CNCC2C1. The highest BCUT2D eigenvalue weighted by molar-refractivity contribution is 5.86. The van der Waals surface area contributed by atoms with Crippen LogP contribution in [0.15, 0.2) is 36.8 Å². The standard InChI is InChI=1S/C19H21N5/c1-12-3-16-9-22-24(17-10-21-23(2)11-17)19(16)6-18(12)13-4-14-7-20-8-15(14)5-13/h3-4,6,9-11,14-15,20H,5,7-8H2,1-2H3/t14-,15?/m1/s1. The molecule has 2 aliphatic rings. The maximum Gasteiger partial charge on any atom is 0.103 e. The summed E-state index contributed by atoms with van der Waals surface area (Å²) in [5, 5.41) is 13.5. The van der Waals surface area contributed by atoms with E-state index in [0.717, 1.165) is 30.2 Å². The zero-order valence-electron chi connectivity index (χ0n) is 14.0. The number of benzene rings is 1. The number of allylic oxidation sites excluding steroid dienone is 1. The first-order chi connectivity index (χ1) is 11.7. The van der Waals surface area contributed by atoms with Crippen molar-refractivity contribution in [3.8, 4) is 5.69 Å². The average Bonchev–Trinajstić information content (AvgIpc) is 3.28. The molecule has 5 heteroatoms. The maximum atomic E-state index is 4.58. The van der Waals surface area contributed by atoms with E-state index in [-0.39, 0.29) is 0 Å². The molecule has 1 N–H and O–H groups in total. The van der Waals surface area contributed by atoms with Gasteiger partial charge in [-0.15, -0.1) is 0 Å². The highest BCUT2D eigenvalue weighted by Gasteiger charge is 2.32. The van der Waals surface area contributed by atoms with Crippen molar-refractivity contribution in [1.29, 1.82) is 0 Å². The van der Waals surface area contributed by atoms with Crippen molar-refractivity contribution in [2.24, 2.45) is 18.9 Å². The second-order valence-electron chi connectivity index (χ2n) is 7.13. The number of aromatic nitrogens is 4. The molecule has 24 heavy (non-hydrogen) atoms. The lowest BCUT2D eigenvalue weighted by Crippen LogP contribution is -2.09. The molecule has 5 rings (SSSR count). The monoisotopic (exact) mass is 319 g/mol. The van der Waals surface area contributed by atoms with Gasteiger partial charge in [-0.3, -0.25) is 4.68 Å². The Balaban J connectivity index is 1.63. The minimum Gasteiger partial charge on any atom is -0.316 e. The van der Waals surface area contributed by atoms with Gasteiger partial charge in [0.15, 0.2) is 0 Å². The van der Waals surface area contributed by atoms with Crippen molar-refractivity contribution in [3.05, 3.63) is 47.9 Å². The van der Waals surface area contributed by atoms with E-state index < -0.39 is 0 Å². The zero-order chi connectivity index (χ0) is 16.3. The summed E-state index contributed by atoms with van der Waals surface area (Å²) in [6, 6.07) is 4.57. The largest absolute Gasteiger partial charge is 0.316 e. The molecule has 1 unspecified atom stereocenters. The molecule has 1 saturated heterocycles. The molecule has 5 nitrogen and oxygen atoms in total. The molecule has 0 bridgehead atoms. The first kappa shape index (κ1) is 14.0. The van der Waals surface area contributed by atoms with Crippen molar-refractivity contribution in [2.75, 3.05) is 13.1 Å². The van der Waals surface area contributed by atoms with Gasteiger partial charge in [0.2, 0.25) is 0 Å². The number of rotatable bonds is 2. The number of nitrogens with zero attached hydrogens (tertiary/aromatic N) is 4. The van der Waals surface area contributed by atoms with Crippen LogP contribution < -0.4 is 5.32 Å². The Morgan fingerprint density at radius 1 is 1.17 bits per heavy atom. The van der Waals surface area contributed by atoms with Crippen LogP contribution in [-0.2, 0) is 7.05 Å². The highest BCUT2D eigenvalue weighted by Crippen LogP contribution is 2.40. The lowest BCUT2D eigenvalue weighted by Gasteiger charge is -2.11. The molecule has 0 spiro atoms. The summed E-state index contributed by atoms with van der Waals surface area (Å²) < 4.78 is 3.80. The summed E-state index contributed by atoms with van der Waals surface area (Å²) in [4.78, 5) is 0. The topological polar surface area (TPSA) is 47.7 Å². The molecule has 2 atom stereocenters. The van der Waals surface area contributed by atoms with E-state index in [1.54, 1.807) is 0 Å². The number of hydrogen-bond acceptors (Lipinski definition) is 3. The van der Waals surface area contributed by atoms with Crippen LogP contribution in [0.25, 0.3) is 22.2 Å². The smallest absolute Gasteiger partial charge is 0.103 e. The molecule has 3 aromatic rings. The van der Waals surface area contributed by atoms with Gasteiger partial charge in [0, 0.05) is 19.0 Å². The summed E-state index contributed by atoms with van der Waals surface area (Å²) in [6.45, 7) is 4.49. The molecule has 0 saturated carbocycles. The van der Waals surface area contributed by atoms with Crippen molar-refractivity contribution in [1.82, 2.24) is 24.9 Å². The van der Waals surface area contributed by atoms with Gasteiger partial charge in [-0.2, -0.15) is 10.2 Å². The Morgan fingerprint density at radius 2 is 2.08 bits per heavy atom. The summed E-state index contributed by atoms with van der Waals surface area (Å²) in [6.07, 6.45) is 9.48. The number of aryl methyl sites for hydroxylation is 2. The number of fused-ring (bicyclic) bond motifs is 2. The average molecular weight is 319 g/mol. The third kappa shape index (κ3) is 2.04. The Labute approximate surface area is 141 Å². The summed E-state index contributed by atoms with van der Waals surface area (Å²) in [5.41, 5.74) is 6.38. The third-order valence-electron chi connectivity index (χ3n) is 5.49. The van der Waals surface area contributed by atoms with E-state index in [4.69, 9.17) is 0 Å². The fourth-order valence-corrected chi connectivity index (χ4v) is 4.24. The van der Waals surface area contributed by atoms with Crippen LogP contribution in [0.5, 0.6) is 0 Å². The fraction of sp³-hybridized carbons (Fsp3) is 0.368. The van der Waals surface area contributed by atoms with Crippen molar-refractivity contribution in [2.45, 2.75) is 13.3 Å². The van der Waals surface area contributed by atoms with Crippen LogP contribution in [0.2, 0.25) is 0 Å². The molecular formula is C19H21N5. The van der Waals surface area contributed by atoms with Crippen molar-refractivity contribution < 1.29 is 0 Å². The first-order valence-electron chi connectivity index (χ1n) is 8.58. The quantitative estimate of drug-likeness (QED) is 0.790. The van der Waals surface area contributed by atoms with E-state index >= 15 is 0 Å². The van der Waals surface area contributed by atoms with E-state index in [1.165, 1.54) is 28.5 Å². The highest BCUT2D eigenvalue weighted by atomic mass is 15.3. The summed E-state index contributed by atoms with van der Waals surface area (Å²) in [7, 11) is 1.93. The third-order valence-corrected chi connectivity index (χ3v) is 5.49. The molecule has 122 valence electrons. The molecule has 3 heterocycles. The van der Waals surface area contributed by atoms with Crippen LogP contribution in [0.4, 0.5) is 0 Å². The van der Waals surface area contributed by atoms with E-state index in [0.29, 0.717) is 5.92 Å². The van der Waals surface area contributed by atoms with Gasteiger partial charge in [-0.05, 0) is 60.6 Å². The minimum atomic E-state index is 0.707. The maximum absolute atomic E-state index is 4.58. The molecule has 0 amide bonds. The van der Waals surface area contributed by atoms with Crippen LogP contribution >= 0.6 is 0 Å². The summed E-state index contributed by atoms with van der Waals surface area (Å²) in [5.74, 6) is 1.48. The molecule has 0 radical (unpaired) electrons.